The first kappa shape index (κ1) is 11.3. The Morgan fingerprint density at radius 2 is 2.07 bits per heavy atom. The molecule has 0 bridgehead atoms. The van der Waals surface area contributed by atoms with Gasteiger partial charge < -0.3 is 9.84 Å². The molecule has 0 atom stereocenters. The minimum atomic E-state index is -3.72. The molecule has 1 fully saturated rings. The van der Waals surface area contributed by atoms with Crippen LogP contribution in [0.15, 0.2) is 0 Å². The summed E-state index contributed by atoms with van der Waals surface area (Å²) < 4.78 is 30.2. The van der Waals surface area contributed by atoms with Crippen LogP contribution in [0, 0.1) is 0 Å². The third-order valence-electron chi connectivity index (χ3n) is 1.85. The Morgan fingerprint density at radius 3 is 2.57 bits per heavy atom. The number of nitrogens with zero attached hydrogens (tertiary/aromatic N) is 1. The predicted octanol–water partition coefficient (Wildman–Crippen LogP) is -0.457. The number of morpholine rings is 1. The van der Waals surface area contributed by atoms with Gasteiger partial charge in [0.25, 0.3) is 0 Å². The van der Waals surface area contributed by atoms with Crippen LogP contribution in [0.3, 0.4) is 0 Å². The van der Waals surface area contributed by atoms with Crippen LogP contribution in [0.25, 0.3) is 0 Å². The molecule has 0 spiro atoms. The summed E-state index contributed by atoms with van der Waals surface area (Å²) in [6.07, 6.45) is 0. The first-order chi connectivity index (χ1) is 6.52. The molecule has 0 radical (unpaired) electrons. The number of halogens is 2. The van der Waals surface area contributed by atoms with E-state index in [1.807, 2.05) is 0 Å². The van der Waals surface area contributed by atoms with Crippen molar-refractivity contribution in [1.82, 2.24) is 10.4 Å². The number of aliphatic carboxylic acids is 1. The zero-order valence-corrected chi connectivity index (χ0v) is 7.50. The Hall–Kier alpha value is -0.790. The van der Waals surface area contributed by atoms with E-state index in [2.05, 4.69) is 5.43 Å². The van der Waals surface area contributed by atoms with E-state index in [1.165, 1.54) is 5.01 Å². The summed E-state index contributed by atoms with van der Waals surface area (Å²) in [5.74, 6) is -5.84. The van der Waals surface area contributed by atoms with Crippen molar-refractivity contribution in [3.05, 3.63) is 0 Å². The maximum Gasteiger partial charge on any atom is 0.376 e. The van der Waals surface area contributed by atoms with Crippen LogP contribution in [0.4, 0.5) is 8.78 Å². The Kier molecular flexibility index (Phi) is 3.73. The van der Waals surface area contributed by atoms with Gasteiger partial charge in [-0.3, -0.25) is 0 Å². The van der Waals surface area contributed by atoms with Crippen molar-refractivity contribution in [1.29, 1.82) is 0 Å². The van der Waals surface area contributed by atoms with E-state index in [1.54, 1.807) is 0 Å². The van der Waals surface area contributed by atoms with E-state index >= 15 is 0 Å². The minimum Gasteiger partial charge on any atom is -0.477 e. The van der Waals surface area contributed by atoms with Crippen LogP contribution < -0.4 is 5.43 Å². The van der Waals surface area contributed by atoms with Gasteiger partial charge in [-0.05, 0) is 0 Å². The zero-order valence-electron chi connectivity index (χ0n) is 7.50. The molecule has 5 nitrogen and oxygen atoms in total. The van der Waals surface area contributed by atoms with Gasteiger partial charge >= 0.3 is 11.9 Å². The maximum atomic E-state index is 12.6. The van der Waals surface area contributed by atoms with Gasteiger partial charge in [-0.15, -0.1) is 0 Å². The first-order valence-electron chi connectivity index (χ1n) is 4.20. The molecule has 0 aliphatic carbocycles. The molecule has 0 aromatic carbocycles. The number of nitrogens with one attached hydrogen (secondary N) is 1. The number of alkyl halides is 2. The lowest BCUT2D eigenvalue weighted by Gasteiger charge is -2.28. The quantitative estimate of drug-likeness (QED) is 0.657. The summed E-state index contributed by atoms with van der Waals surface area (Å²) in [4.78, 5) is 10.1. The normalized spacial score (nSPS) is 19.6. The first-order valence-corrected chi connectivity index (χ1v) is 4.20. The van der Waals surface area contributed by atoms with Crippen LogP contribution in [0.5, 0.6) is 0 Å². The molecular weight excluding hydrogens is 198 g/mol. The lowest BCUT2D eigenvalue weighted by Crippen LogP contribution is -2.51. The number of hydrogen-bond acceptors (Lipinski definition) is 4. The van der Waals surface area contributed by atoms with E-state index < -0.39 is 18.4 Å². The Labute approximate surface area is 79.6 Å². The van der Waals surface area contributed by atoms with Gasteiger partial charge in [0.1, 0.15) is 0 Å². The van der Waals surface area contributed by atoms with Gasteiger partial charge in [-0.25, -0.2) is 15.2 Å². The molecule has 1 rings (SSSR count). The average molecular weight is 210 g/mol. The monoisotopic (exact) mass is 210 g/mol. The Bertz CT molecular complexity index is 207. The fourth-order valence-electron chi connectivity index (χ4n) is 1.01. The molecule has 0 aromatic rings. The smallest absolute Gasteiger partial charge is 0.376 e. The lowest BCUT2D eigenvalue weighted by molar-refractivity contribution is -0.165. The molecule has 7 heteroatoms. The summed E-state index contributed by atoms with van der Waals surface area (Å²) in [7, 11) is 0. The number of carboxylic acids is 1. The molecule has 2 N–H and O–H groups in total. The number of rotatable bonds is 4. The molecule has 82 valence electrons. The highest BCUT2D eigenvalue weighted by Crippen LogP contribution is 2.11. The highest BCUT2D eigenvalue weighted by molar-refractivity contribution is 5.75. The summed E-state index contributed by atoms with van der Waals surface area (Å²) in [5.41, 5.74) is 2.37. The lowest BCUT2D eigenvalue weighted by atomic mass is 10.3. The SMILES string of the molecule is O=C(O)C(F)(F)CNN1CCOCC1. The number of carboxylic acid groups (broad SMARTS) is 1. The third-order valence-corrected chi connectivity index (χ3v) is 1.85. The number of hydrazine groups is 1. The van der Waals surface area contributed by atoms with Crippen molar-refractivity contribution in [2.75, 3.05) is 32.8 Å². The fraction of sp³-hybridized carbons (Fsp3) is 0.857. The average Bonchev–Trinajstić information content (AvgIpc) is 2.16. The largest absolute Gasteiger partial charge is 0.477 e. The van der Waals surface area contributed by atoms with E-state index in [9.17, 15) is 13.6 Å². The Balaban J connectivity index is 2.28. The van der Waals surface area contributed by atoms with E-state index in [4.69, 9.17) is 9.84 Å². The van der Waals surface area contributed by atoms with E-state index in [-0.39, 0.29) is 0 Å². The van der Waals surface area contributed by atoms with Crippen molar-refractivity contribution < 1.29 is 23.4 Å². The summed E-state index contributed by atoms with van der Waals surface area (Å²) in [5, 5.41) is 9.67. The molecule has 14 heavy (non-hydrogen) atoms. The summed E-state index contributed by atoms with van der Waals surface area (Å²) in [6.45, 7) is 1.00. The molecule has 1 saturated heterocycles. The molecule has 1 aliphatic heterocycles. The van der Waals surface area contributed by atoms with Crippen LogP contribution in [-0.2, 0) is 9.53 Å². The molecule has 0 amide bonds. The van der Waals surface area contributed by atoms with Crippen molar-refractivity contribution in [3.8, 4) is 0 Å². The van der Waals surface area contributed by atoms with Gasteiger partial charge in [-0.1, -0.05) is 0 Å². The number of ether oxygens (including phenoxy) is 1. The minimum absolute atomic E-state index is 0.464. The molecule has 1 heterocycles. The number of hydrogen-bond donors (Lipinski definition) is 2. The standard InChI is InChI=1S/C7H12F2N2O3/c8-7(9,6(12)13)5-10-11-1-3-14-4-2-11/h10H,1-5H2,(H,12,13). The molecule has 1 aliphatic rings. The van der Waals surface area contributed by atoms with Gasteiger partial charge in [0.2, 0.25) is 0 Å². The van der Waals surface area contributed by atoms with Gasteiger partial charge in [0.05, 0.1) is 19.8 Å². The van der Waals surface area contributed by atoms with E-state index in [0.717, 1.165) is 0 Å². The van der Waals surface area contributed by atoms with Gasteiger partial charge in [-0.2, -0.15) is 8.78 Å². The van der Waals surface area contributed by atoms with Crippen LogP contribution in [-0.4, -0.2) is 54.9 Å². The summed E-state index contributed by atoms with van der Waals surface area (Å²) >= 11 is 0. The predicted molar refractivity (Wildman–Crippen MR) is 43.0 cm³/mol. The molecule has 0 aromatic heterocycles. The third kappa shape index (κ3) is 3.17. The van der Waals surface area contributed by atoms with Gasteiger partial charge in [0, 0.05) is 13.1 Å². The second kappa shape index (κ2) is 4.63. The second-order valence-corrected chi connectivity index (χ2v) is 2.94. The molecule has 0 saturated carbocycles. The zero-order chi connectivity index (χ0) is 10.6. The van der Waals surface area contributed by atoms with Crippen LogP contribution in [0.2, 0.25) is 0 Å². The maximum absolute atomic E-state index is 12.6. The van der Waals surface area contributed by atoms with Crippen molar-refractivity contribution in [3.63, 3.8) is 0 Å². The topological polar surface area (TPSA) is 61.8 Å². The number of carbonyl (C=O) groups is 1. The highest BCUT2D eigenvalue weighted by Gasteiger charge is 2.38. The van der Waals surface area contributed by atoms with E-state index in [0.29, 0.717) is 26.3 Å². The molecule has 0 unspecified atom stereocenters. The van der Waals surface area contributed by atoms with Crippen LogP contribution >= 0.6 is 0 Å². The van der Waals surface area contributed by atoms with Crippen molar-refractivity contribution in [2.24, 2.45) is 0 Å². The van der Waals surface area contributed by atoms with Crippen molar-refractivity contribution in [2.45, 2.75) is 5.92 Å². The summed E-state index contributed by atoms with van der Waals surface area (Å²) in [6, 6.07) is 0. The fourth-order valence-corrected chi connectivity index (χ4v) is 1.01. The van der Waals surface area contributed by atoms with Gasteiger partial charge in [0.15, 0.2) is 0 Å². The molecular formula is C7H12F2N2O3. The highest BCUT2D eigenvalue weighted by atomic mass is 19.3. The second-order valence-electron chi connectivity index (χ2n) is 2.94. The Morgan fingerprint density at radius 1 is 1.50 bits per heavy atom. The van der Waals surface area contributed by atoms with Crippen LogP contribution in [0.1, 0.15) is 0 Å². The van der Waals surface area contributed by atoms with Crippen molar-refractivity contribution >= 4 is 5.97 Å².